The van der Waals surface area contributed by atoms with E-state index in [1.807, 2.05) is 50.3 Å². The molecule has 1 aromatic heterocycles. The summed E-state index contributed by atoms with van der Waals surface area (Å²) < 4.78 is 26.7. The second-order valence-electron chi connectivity index (χ2n) is 11.7. The van der Waals surface area contributed by atoms with Gasteiger partial charge in [0.05, 0.1) is 6.67 Å². The number of nitrogens with zero attached hydrogens (tertiary/aromatic N) is 1. The van der Waals surface area contributed by atoms with Crippen LogP contribution in [0.1, 0.15) is 42.9 Å². The summed E-state index contributed by atoms with van der Waals surface area (Å²) in [6.07, 6.45) is 7.89. The summed E-state index contributed by atoms with van der Waals surface area (Å²) in [6, 6.07) is 14.2. The lowest BCUT2D eigenvalue weighted by molar-refractivity contribution is -0.0366. The maximum atomic E-state index is 13.5. The van der Waals surface area contributed by atoms with Gasteiger partial charge >= 0.3 is 0 Å². The van der Waals surface area contributed by atoms with Gasteiger partial charge in [0.15, 0.2) is 5.75 Å². The van der Waals surface area contributed by atoms with Crippen LogP contribution in [-0.2, 0) is 4.74 Å². The van der Waals surface area contributed by atoms with Crippen LogP contribution in [0, 0.1) is 10.8 Å². The molecule has 39 heavy (non-hydrogen) atoms. The molecule has 0 bridgehead atoms. The zero-order valence-electron chi connectivity index (χ0n) is 22.7. The second kappa shape index (κ2) is 10.6. The fourth-order valence-electron chi connectivity index (χ4n) is 4.89. The lowest BCUT2D eigenvalue weighted by atomic mass is 9.92. The average Bonchev–Trinajstić information content (AvgIpc) is 3.14. The van der Waals surface area contributed by atoms with Gasteiger partial charge in [-0.15, -0.1) is 11.3 Å². The molecule has 1 fully saturated rings. The first-order valence-corrected chi connectivity index (χ1v) is 14.0. The van der Waals surface area contributed by atoms with Gasteiger partial charge in [0.1, 0.15) is 28.2 Å². The molecule has 0 atom stereocenters. The van der Waals surface area contributed by atoms with Gasteiger partial charge in [-0.25, -0.2) is 0 Å². The number of phenolic OH excluding ortho intramolecular Hbond substituents is 1. The van der Waals surface area contributed by atoms with E-state index < -0.39 is 0 Å². The Morgan fingerprint density at radius 1 is 1.10 bits per heavy atom. The number of likely N-dealkylation sites (tertiary alicyclic amines) is 1. The molecule has 0 unspecified atom stereocenters. The van der Waals surface area contributed by atoms with Crippen molar-refractivity contribution in [3.05, 3.63) is 94.8 Å². The van der Waals surface area contributed by atoms with E-state index >= 15 is 0 Å². The molecular weight excluding hydrogens is 513 g/mol. The number of carbonyl (C=O) groups excluding carboxylic acids is 1. The molecule has 1 N–H and O–H groups in total. The predicted molar refractivity (Wildman–Crippen MR) is 154 cm³/mol. The van der Waals surface area contributed by atoms with E-state index in [4.69, 9.17) is 9.47 Å². The van der Waals surface area contributed by atoms with Crippen LogP contribution in [0.5, 0.6) is 11.5 Å². The molecule has 204 valence electrons. The van der Waals surface area contributed by atoms with Gasteiger partial charge in [0.2, 0.25) is 5.78 Å². The minimum atomic E-state index is -0.373. The zero-order chi connectivity index (χ0) is 27.8. The Morgan fingerprint density at radius 3 is 2.51 bits per heavy atom. The third-order valence-corrected chi connectivity index (χ3v) is 7.90. The van der Waals surface area contributed by atoms with E-state index in [0.29, 0.717) is 28.5 Å². The molecule has 0 spiro atoms. The number of allylic oxidation sites excluding steroid dienone is 4. The second-order valence-corrected chi connectivity index (χ2v) is 12.8. The van der Waals surface area contributed by atoms with Crippen molar-refractivity contribution in [3.63, 3.8) is 0 Å². The number of ketones is 1. The Kier molecular flexibility index (Phi) is 7.40. The van der Waals surface area contributed by atoms with Crippen LogP contribution < -0.4 is 4.74 Å². The third kappa shape index (κ3) is 6.26. The highest BCUT2D eigenvalue weighted by molar-refractivity contribution is 7.21. The summed E-state index contributed by atoms with van der Waals surface area (Å²) in [5.74, 6) is 1.84. The number of benzene rings is 2. The molecule has 2 aliphatic rings. The highest BCUT2D eigenvalue weighted by Crippen LogP contribution is 2.42. The van der Waals surface area contributed by atoms with E-state index in [1.165, 1.54) is 11.3 Å². The largest absolute Gasteiger partial charge is 0.508 e. The molecule has 2 aromatic carbocycles. The number of alkyl halides is 1. The van der Waals surface area contributed by atoms with Crippen LogP contribution in [0.3, 0.4) is 0 Å². The first-order chi connectivity index (χ1) is 18.5. The van der Waals surface area contributed by atoms with Crippen LogP contribution in [0.2, 0.25) is 0 Å². The molecular formula is C32H34FNO4S. The highest BCUT2D eigenvalue weighted by atomic mass is 32.1. The van der Waals surface area contributed by atoms with Gasteiger partial charge < -0.3 is 14.6 Å². The maximum Gasteiger partial charge on any atom is 0.206 e. The normalized spacial score (nSPS) is 17.8. The van der Waals surface area contributed by atoms with Crippen LogP contribution in [0.4, 0.5) is 4.39 Å². The molecule has 3 aromatic rings. The van der Waals surface area contributed by atoms with Crippen molar-refractivity contribution in [3.8, 4) is 11.5 Å². The molecule has 7 heteroatoms. The number of rotatable bonds is 9. The van der Waals surface area contributed by atoms with E-state index in [9.17, 15) is 14.3 Å². The summed E-state index contributed by atoms with van der Waals surface area (Å²) in [7, 11) is 0. The smallest absolute Gasteiger partial charge is 0.206 e. The molecule has 0 saturated carbocycles. The minimum Gasteiger partial charge on any atom is -0.508 e. The van der Waals surface area contributed by atoms with E-state index in [0.717, 1.165) is 28.9 Å². The summed E-state index contributed by atoms with van der Waals surface area (Å²) in [5, 5.41) is 10.8. The molecule has 5 nitrogen and oxygen atoms in total. The van der Waals surface area contributed by atoms with Gasteiger partial charge in [0.25, 0.3) is 0 Å². The number of thiophene rings is 1. The molecule has 0 amide bonds. The Bertz CT molecular complexity index is 1460. The van der Waals surface area contributed by atoms with Gasteiger partial charge in [-0.1, -0.05) is 58.0 Å². The van der Waals surface area contributed by atoms with Crippen LogP contribution >= 0.6 is 11.3 Å². The third-order valence-electron chi connectivity index (χ3n) is 6.77. The summed E-state index contributed by atoms with van der Waals surface area (Å²) in [5.41, 5.74) is -0.150. The SMILES string of the molecule is CC1(C)C=C(Oc2c(C(=O)c3ccccc3)sc3cc(O)ccc23)C=CC(OC2CN(CC(C)(C)CF)C2)=C1. The number of carbonyl (C=O) groups is 1. The van der Waals surface area contributed by atoms with E-state index in [-0.39, 0.29) is 35.1 Å². The molecule has 1 aliphatic heterocycles. The number of halogens is 1. The lowest BCUT2D eigenvalue weighted by Crippen LogP contribution is -2.54. The number of aromatic hydroxyl groups is 1. The minimum absolute atomic E-state index is 0.0539. The fraction of sp³-hybridized carbons (Fsp3) is 0.344. The van der Waals surface area contributed by atoms with Gasteiger partial charge in [0, 0.05) is 46.1 Å². The van der Waals surface area contributed by atoms with Crippen molar-refractivity contribution in [1.82, 2.24) is 4.90 Å². The molecule has 1 saturated heterocycles. The highest BCUT2D eigenvalue weighted by Gasteiger charge is 2.33. The van der Waals surface area contributed by atoms with Crippen molar-refractivity contribution in [2.45, 2.75) is 33.8 Å². The van der Waals surface area contributed by atoms with Gasteiger partial charge in [-0.3, -0.25) is 14.1 Å². The van der Waals surface area contributed by atoms with Crippen LogP contribution in [0.15, 0.2) is 84.4 Å². The van der Waals surface area contributed by atoms with Crippen molar-refractivity contribution in [1.29, 1.82) is 0 Å². The van der Waals surface area contributed by atoms with Crippen molar-refractivity contribution >= 4 is 27.2 Å². The summed E-state index contributed by atoms with van der Waals surface area (Å²) >= 11 is 1.31. The lowest BCUT2D eigenvalue weighted by Gasteiger charge is -2.42. The number of hydrogen-bond acceptors (Lipinski definition) is 6. The Balaban J connectivity index is 1.36. The Hall–Kier alpha value is -3.42. The van der Waals surface area contributed by atoms with Crippen LogP contribution in [0.25, 0.3) is 10.1 Å². The Labute approximate surface area is 232 Å². The van der Waals surface area contributed by atoms with E-state index in [1.54, 1.807) is 30.3 Å². The maximum absolute atomic E-state index is 13.5. The number of ether oxygens (including phenoxy) is 2. The number of hydrogen-bond donors (Lipinski definition) is 1. The molecule has 0 radical (unpaired) electrons. The summed E-state index contributed by atoms with van der Waals surface area (Å²) in [4.78, 5) is 16.2. The Morgan fingerprint density at radius 2 is 1.79 bits per heavy atom. The predicted octanol–water partition coefficient (Wildman–Crippen LogP) is 7.28. The molecule has 1 aliphatic carbocycles. The van der Waals surface area contributed by atoms with Gasteiger partial charge in [-0.05, 0) is 42.5 Å². The van der Waals surface area contributed by atoms with Crippen LogP contribution in [-0.4, -0.2) is 48.2 Å². The number of phenols is 1. The molecule has 5 rings (SSSR count). The number of fused-ring (bicyclic) bond motifs is 1. The van der Waals surface area contributed by atoms with Crippen molar-refractivity contribution in [2.24, 2.45) is 10.8 Å². The quantitative estimate of drug-likeness (QED) is 0.285. The van der Waals surface area contributed by atoms with Gasteiger partial charge in [-0.2, -0.15) is 0 Å². The average molecular weight is 548 g/mol. The van der Waals surface area contributed by atoms with E-state index in [2.05, 4.69) is 24.8 Å². The topological polar surface area (TPSA) is 59.0 Å². The van der Waals surface area contributed by atoms with Crippen molar-refractivity contribution in [2.75, 3.05) is 26.3 Å². The molecule has 2 heterocycles. The fourth-order valence-corrected chi connectivity index (χ4v) is 6.01. The van der Waals surface area contributed by atoms with Crippen molar-refractivity contribution < 1.29 is 23.8 Å². The standard InChI is InChI=1S/C32H34FNO4S/c1-31(2)15-23(37-25-17-34(18-25)20-32(3,4)19-33)11-12-24(16-31)38-29-26-13-10-22(35)14-27(26)39-30(29)28(36)21-8-6-5-7-9-21/h5-16,25,35H,17-20H2,1-4H3. The zero-order valence-corrected chi connectivity index (χ0v) is 23.6. The monoisotopic (exact) mass is 547 g/mol. The summed E-state index contributed by atoms with van der Waals surface area (Å²) in [6.45, 7) is 9.92. The first kappa shape index (κ1) is 27.2. The first-order valence-electron chi connectivity index (χ1n) is 13.1.